The average molecular weight is 207 g/mol. The molecule has 0 radical (unpaired) electrons. The van der Waals surface area contributed by atoms with E-state index < -0.39 is 6.10 Å². The molecule has 0 aliphatic rings. The van der Waals surface area contributed by atoms with Crippen LogP contribution < -0.4 is 5.32 Å². The second-order valence-electron chi connectivity index (χ2n) is 4.13. The molecule has 0 aliphatic heterocycles. The third-order valence-corrected chi connectivity index (χ3v) is 2.87. The van der Waals surface area contributed by atoms with E-state index in [1.807, 2.05) is 19.9 Å². The molecule has 15 heavy (non-hydrogen) atoms. The number of aryl methyl sites for hydroxylation is 2. The molecule has 2 nitrogen and oxygen atoms in total. The third kappa shape index (κ3) is 3.05. The number of hydrogen-bond acceptors (Lipinski definition) is 2. The molecule has 0 amide bonds. The van der Waals surface area contributed by atoms with Gasteiger partial charge in [-0.3, -0.25) is 0 Å². The SMILES string of the molecule is CCN[C@@H](C)[C@@H](O)c1ccc(C)c(C)c1. The second kappa shape index (κ2) is 5.29. The molecule has 0 saturated heterocycles. The first-order chi connectivity index (χ1) is 7.06. The van der Waals surface area contributed by atoms with Crippen molar-refractivity contribution in [2.75, 3.05) is 6.54 Å². The van der Waals surface area contributed by atoms with Gasteiger partial charge < -0.3 is 10.4 Å². The topological polar surface area (TPSA) is 32.3 Å². The molecule has 0 heterocycles. The quantitative estimate of drug-likeness (QED) is 0.794. The molecule has 0 unspecified atom stereocenters. The van der Waals surface area contributed by atoms with Crippen molar-refractivity contribution in [2.45, 2.75) is 39.8 Å². The summed E-state index contributed by atoms with van der Waals surface area (Å²) in [6.07, 6.45) is -0.427. The average Bonchev–Trinajstić information content (AvgIpc) is 2.21. The third-order valence-electron chi connectivity index (χ3n) is 2.87. The summed E-state index contributed by atoms with van der Waals surface area (Å²) >= 11 is 0. The zero-order valence-corrected chi connectivity index (χ0v) is 10.0. The molecule has 2 heteroatoms. The van der Waals surface area contributed by atoms with Crippen molar-refractivity contribution in [1.29, 1.82) is 0 Å². The summed E-state index contributed by atoms with van der Waals surface area (Å²) in [5.41, 5.74) is 3.49. The van der Waals surface area contributed by atoms with Crippen molar-refractivity contribution in [3.8, 4) is 0 Å². The van der Waals surface area contributed by atoms with Gasteiger partial charge in [-0.25, -0.2) is 0 Å². The van der Waals surface area contributed by atoms with Crippen LogP contribution >= 0.6 is 0 Å². The number of hydrogen-bond donors (Lipinski definition) is 2. The van der Waals surface area contributed by atoms with Gasteiger partial charge in [0.05, 0.1) is 6.10 Å². The van der Waals surface area contributed by atoms with Crippen LogP contribution in [0.3, 0.4) is 0 Å². The number of nitrogens with one attached hydrogen (secondary N) is 1. The zero-order chi connectivity index (χ0) is 11.4. The van der Waals surface area contributed by atoms with Gasteiger partial charge in [0.1, 0.15) is 0 Å². The van der Waals surface area contributed by atoms with Gasteiger partial charge in [0.2, 0.25) is 0 Å². The maximum absolute atomic E-state index is 10.1. The zero-order valence-electron chi connectivity index (χ0n) is 10.0. The minimum absolute atomic E-state index is 0.0945. The smallest absolute Gasteiger partial charge is 0.0940 e. The summed E-state index contributed by atoms with van der Waals surface area (Å²) in [4.78, 5) is 0. The maximum atomic E-state index is 10.1. The Morgan fingerprint density at radius 2 is 1.93 bits per heavy atom. The van der Waals surface area contributed by atoms with Crippen LogP contribution in [0, 0.1) is 13.8 Å². The highest BCUT2D eigenvalue weighted by Crippen LogP contribution is 2.19. The van der Waals surface area contributed by atoms with E-state index >= 15 is 0 Å². The molecule has 1 aromatic carbocycles. The molecule has 2 N–H and O–H groups in total. The van der Waals surface area contributed by atoms with Gasteiger partial charge in [-0.15, -0.1) is 0 Å². The Bertz CT molecular complexity index is 322. The monoisotopic (exact) mass is 207 g/mol. The number of benzene rings is 1. The lowest BCUT2D eigenvalue weighted by molar-refractivity contribution is 0.137. The summed E-state index contributed by atoms with van der Waals surface area (Å²) < 4.78 is 0. The first kappa shape index (κ1) is 12.2. The van der Waals surface area contributed by atoms with E-state index in [2.05, 4.69) is 31.3 Å². The predicted octanol–water partition coefficient (Wildman–Crippen LogP) is 2.33. The maximum Gasteiger partial charge on any atom is 0.0940 e. The molecule has 0 saturated carbocycles. The molecule has 0 bridgehead atoms. The van der Waals surface area contributed by atoms with E-state index in [9.17, 15) is 5.11 Å². The Labute approximate surface area is 92.3 Å². The highest BCUT2D eigenvalue weighted by Gasteiger charge is 2.15. The van der Waals surface area contributed by atoms with Crippen LogP contribution in [0.25, 0.3) is 0 Å². The van der Waals surface area contributed by atoms with E-state index in [4.69, 9.17) is 0 Å². The minimum atomic E-state index is -0.427. The van der Waals surface area contributed by atoms with Crippen molar-refractivity contribution >= 4 is 0 Å². The lowest BCUT2D eigenvalue weighted by Crippen LogP contribution is -2.31. The number of rotatable bonds is 4. The fourth-order valence-corrected chi connectivity index (χ4v) is 1.67. The Morgan fingerprint density at radius 3 is 2.47 bits per heavy atom. The number of aliphatic hydroxyl groups is 1. The highest BCUT2D eigenvalue weighted by molar-refractivity contribution is 5.31. The van der Waals surface area contributed by atoms with Crippen LogP contribution in [-0.4, -0.2) is 17.7 Å². The van der Waals surface area contributed by atoms with Crippen LogP contribution in [0.5, 0.6) is 0 Å². The largest absolute Gasteiger partial charge is 0.387 e. The van der Waals surface area contributed by atoms with E-state index in [1.165, 1.54) is 11.1 Å². The van der Waals surface area contributed by atoms with Gasteiger partial charge in [-0.2, -0.15) is 0 Å². The van der Waals surface area contributed by atoms with Gasteiger partial charge in [0, 0.05) is 6.04 Å². The van der Waals surface area contributed by atoms with Crippen LogP contribution in [0.4, 0.5) is 0 Å². The van der Waals surface area contributed by atoms with Crippen LogP contribution in [0.1, 0.15) is 36.6 Å². The summed E-state index contributed by atoms with van der Waals surface area (Å²) in [6.45, 7) is 9.08. The van der Waals surface area contributed by atoms with Crippen LogP contribution in [-0.2, 0) is 0 Å². The van der Waals surface area contributed by atoms with E-state index in [1.54, 1.807) is 0 Å². The molecule has 1 aromatic rings. The molecule has 0 aromatic heterocycles. The van der Waals surface area contributed by atoms with Gasteiger partial charge in [0.15, 0.2) is 0 Å². The first-order valence-corrected chi connectivity index (χ1v) is 5.54. The van der Waals surface area contributed by atoms with Crippen molar-refractivity contribution in [1.82, 2.24) is 5.32 Å². The summed E-state index contributed by atoms with van der Waals surface area (Å²) in [5, 5.41) is 13.3. The lowest BCUT2D eigenvalue weighted by atomic mass is 9.99. The van der Waals surface area contributed by atoms with Gasteiger partial charge >= 0.3 is 0 Å². The van der Waals surface area contributed by atoms with Crippen LogP contribution in [0.2, 0.25) is 0 Å². The molecule has 0 aliphatic carbocycles. The van der Waals surface area contributed by atoms with Gasteiger partial charge in [0.25, 0.3) is 0 Å². The fraction of sp³-hybridized carbons (Fsp3) is 0.538. The molecule has 0 fully saturated rings. The van der Waals surface area contributed by atoms with Crippen molar-refractivity contribution < 1.29 is 5.11 Å². The first-order valence-electron chi connectivity index (χ1n) is 5.54. The van der Waals surface area contributed by atoms with E-state index in [-0.39, 0.29) is 6.04 Å². The Hall–Kier alpha value is -0.860. The Balaban J connectivity index is 2.81. The molecule has 84 valence electrons. The molecular formula is C13H21NO. The summed E-state index contributed by atoms with van der Waals surface area (Å²) in [5.74, 6) is 0. The standard InChI is InChI=1S/C13H21NO/c1-5-14-11(4)13(15)12-7-6-9(2)10(3)8-12/h6-8,11,13-15H,5H2,1-4H3/t11-,13+/m0/s1. The highest BCUT2D eigenvalue weighted by atomic mass is 16.3. The molecule has 2 atom stereocenters. The van der Waals surface area contributed by atoms with Gasteiger partial charge in [-0.05, 0) is 44.0 Å². The minimum Gasteiger partial charge on any atom is -0.387 e. The number of aliphatic hydroxyl groups excluding tert-OH is 1. The number of likely N-dealkylation sites (N-methyl/N-ethyl adjacent to an activating group) is 1. The van der Waals surface area contributed by atoms with Gasteiger partial charge in [-0.1, -0.05) is 25.1 Å². The molecule has 0 spiro atoms. The van der Waals surface area contributed by atoms with Crippen molar-refractivity contribution in [3.05, 3.63) is 34.9 Å². The van der Waals surface area contributed by atoms with Crippen LogP contribution in [0.15, 0.2) is 18.2 Å². The fourth-order valence-electron chi connectivity index (χ4n) is 1.67. The van der Waals surface area contributed by atoms with Crippen molar-refractivity contribution in [3.63, 3.8) is 0 Å². The Kier molecular flexibility index (Phi) is 4.30. The predicted molar refractivity (Wildman–Crippen MR) is 64.0 cm³/mol. The molecule has 1 rings (SSSR count). The van der Waals surface area contributed by atoms with E-state index in [0.717, 1.165) is 12.1 Å². The summed E-state index contributed by atoms with van der Waals surface area (Å²) in [6, 6.07) is 6.22. The van der Waals surface area contributed by atoms with Crippen molar-refractivity contribution in [2.24, 2.45) is 0 Å². The van der Waals surface area contributed by atoms with E-state index in [0.29, 0.717) is 0 Å². The second-order valence-corrected chi connectivity index (χ2v) is 4.13. The summed E-state index contributed by atoms with van der Waals surface area (Å²) in [7, 11) is 0. The normalized spacial score (nSPS) is 15.0. The Morgan fingerprint density at radius 1 is 1.27 bits per heavy atom. The molecular weight excluding hydrogens is 186 g/mol. The lowest BCUT2D eigenvalue weighted by Gasteiger charge is -2.20.